The maximum Gasteiger partial charge on any atom is 0.126 e. The van der Waals surface area contributed by atoms with Crippen LogP contribution < -0.4 is 5.73 Å². The normalized spacial score (nSPS) is 18.7. The van der Waals surface area contributed by atoms with Crippen molar-refractivity contribution in [2.75, 3.05) is 5.75 Å². The summed E-state index contributed by atoms with van der Waals surface area (Å²) in [6.07, 6.45) is 3.80. The first kappa shape index (κ1) is 20.8. The van der Waals surface area contributed by atoms with E-state index in [4.69, 9.17) is 5.73 Å². The van der Waals surface area contributed by atoms with Crippen molar-refractivity contribution < 1.29 is 8.78 Å². The highest BCUT2D eigenvalue weighted by molar-refractivity contribution is 8.14. The summed E-state index contributed by atoms with van der Waals surface area (Å²) in [5.41, 5.74) is 8.86. The molecule has 4 heteroatoms. The fraction of sp³-hybridized carbons (Fsp3) is 0.409. The van der Waals surface area contributed by atoms with Crippen molar-refractivity contribution in [3.05, 3.63) is 64.7 Å². The van der Waals surface area contributed by atoms with Crippen molar-refractivity contribution in [1.29, 1.82) is 0 Å². The number of hydrogen-bond acceptors (Lipinski definition) is 1. The summed E-state index contributed by atoms with van der Waals surface area (Å²) in [6.45, 7) is 4.97. The quantitative estimate of drug-likeness (QED) is 0.648. The third kappa shape index (κ3) is 5.49. The van der Waals surface area contributed by atoms with Crippen LogP contribution in [0.2, 0.25) is 0 Å². The van der Waals surface area contributed by atoms with Gasteiger partial charge in [0.05, 0.1) is 0 Å². The molecule has 2 unspecified atom stereocenters. The third-order valence-corrected chi connectivity index (χ3v) is 6.48. The summed E-state index contributed by atoms with van der Waals surface area (Å²) in [5.74, 6) is 5.49. The number of aryl methyl sites for hydroxylation is 1. The second kappa shape index (κ2) is 9.98. The third-order valence-electron chi connectivity index (χ3n) is 4.76. The van der Waals surface area contributed by atoms with Gasteiger partial charge >= 0.3 is 0 Å². The molecular weight excluding hydrogens is 348 g/mol. The largest absolute Gasteiger partial charge is 0.326 e. The highest BCUT2D eigenvalue weighted by Crippen LogP contribution is 2.40. The van der Waals surface area contributed by atoms with Crippen LogP contribution in [-0.2, 0) is 13.0 Å². The lowest BCUT2D eigenvalue weighted by Gasteiger charge is -2.25. The molecule has 2 N–H and O–H groups in total. The van der Waals surface area contributed by atoms with E-state index in [0.717, 1.165) is 18.9 Å². The summed E-state index contributed by atoms with van der Waals surface area (Å²) in [5, 5.41) is 0. The van der Waals surface area contributed by atoms with E-state index in [0.29, 0.717) is 24.4 Å². The zero-order chi connectivity index (χ0) is 19.1. The highest BCUT2D eigenvalue weighted by Gasteiger charge is 2.18. The molecule has 0 fully saturated rings. The van der Waals surface area contributed by atoms with Gasteiger partial charge in [0.15, 0.2) is 0 Å². The maximum atomic E-state index is 12.9. The minimum absolute atomic E-state index is 0.213. The van der Waals surface area contributed by atoms with Gasteiger partial charge in [-0.2, -0.15) is 10.5 Å². The van der Waals surface area contributed by atoms with Gasteiger partial charge < -0.3 is 5.73 Å². The van der Waals surface area contributed by atoms with E-state index in [2.05, 4.69) is 31.0 Å². The molecule has 2 atom stereocenters. The van der Waals surface area contributed by atoms with E-state index in [1.807, 2.05) is 6.92 Å². The van der Waals surface area contributed by atoms with Crippen molar-refractivity contribution in [2.24, 2.45) is 5.73 Å². The van der Waals surface area contributed by atoms with Gasteiger partial charge in [-0.05, 0) is 71.9 Å². The fourth-order valence-corrected chi connectivity index (χ4v) is 4.77. The number of unbranched alkanes of at least 4 members (excludes halogenated alkanes) is 1. The van der Waals surface area contributed by atoms with Gasteiger partial charge in [0, 0.05) is 11.4 Å². The Morgan fingerprint density at radius 1 is 1.19 bits per heavy atom. The van der Waals surface area contributed by atoms with E-state index in [1.54, 1.807) is 0 Å². The highest BCUT2D eigenvalue weighted by atomic mass is 32.2. The molecule has 0 aliphatic carbocycles. The summed E-state index contributed by atoms with van der Waals surface area (Å²) in [7, 11) is 0.213. The average Bonchev–Trinajstić information content (AvgIpc) is 2.65. The van der Waals surface area contributed by atoms with Gasteiger partial charge in [-0.15, -0.1) is 0 Å². The average molecular weight is 378 g/mol. The molecule has 0 spiro atoms. The van der Waals surface area contributed by atoms with Crippen LogP contribution in [0.5, 0.6) is 0 Å². The minimum Gasteiger partial charge on any atom is -0.326 e. The predicted molar refractivity (Wildman–Crippen MR) is 110 cm³/mol. The Bertz CT molecular complexity index is 758. The minimum atomic E-state index is -0.359. The van der Waals surface area contributed by atoms with Crippen molar-refractivity contribution in [3.8, 4) is 0 Å². The fourth-order valence-electron chi connectivity index (χ4n) is 3.06. The first-order chi connectivity index (χ1) is 12.5. The zero-order valence-corrected chi connectivity index (χ0v) is 16.5. The Kier molecular flexibility index (Phi) is 7.98. The van der Waals surface area contributed by atoms with Gasteiger partial charge in [0.1, 0.15) is 11.6 Å². The smallest absolute Gasteiger partial charge is 0.126 e. The van der Waals surface area contributed by atoms with Crippen molar-refractivity contribution in [1.82, 2.24) is 0 Å². The number of benzene rings is 2. The Morgan fingerprint density at radius 2 is 1.96 bits per heavy atom. The monoisotopic (exact) mass is 377 g/mol. The Labute approximate surface area is 158 Å². The van der Waals surface area contributed by atoms with Crippen LogP contribution in [0, 0.1) is 11.6 Å². The molecule has 0 saturated heterocycles. The molecule has 2 aromatic carbocycles. The molecule has 0 radical (unpaired) electrons. The van der Waals surface area contributed by atoms with Crippen LogP contribution in [0.4, 0.5) is 8.78 Å². The second-order valence-corrected chi connectivity index (χ2v) is 8.64. The number of rotatable bonds is 4. The van der Waals surface area contributed by atoms with Crippen LogP contribution >= 0.6 is 10.5 Å². The van der Waals surface area contributed by atoms with Crippen LogP contribution in [0.3, 0.4) is 0 Å². The first-order valence-corrected chi connectivity index (χ1v) is 10.8. The summed E-state index contributed by atoms with van der Waals surface area (Å²) < 4.78 is 25.5. The molecule has 1 nitrogen and oxygen atoms in total. The van der Waals surface area contributed by atoms with E-state index >= 15 is 0 Å². The molecule has 0 aromatic heterocycles. The molecular formula is C22H29F2NS. The standard InChI is InChI=1S/C12H17NS.C10H12F2/c1-9-5-6-14(2)12-4-3-10(8-13)7-11(9)12;1-2-3-4-8-7-9(11)5-6-10(8)12/h3-4,7,9H,2,5-6,8,13H2,1H3;5-7H,2-4H2,1H3. The Hall–Kier alpha value is -1.52. The van der Waals surface area contributed by atoms with Crippen LogP contribution in [0.15, 0.2) is 41.3 Å². The molecule has 1 aliphatic heterocycles. The number of nitrogens with two attached hydrogens (primary N) is 1. The maximum absolute atomic E-state index is 12.9. The van der Waals surface area contributed by atoms with E-state index in [9.17, 15) is 8.78 Å². The van der Waals surface area contributed by atoms with Gasteiger partial charge in [0.2, 0.25) is 0 Å². The van der Waals surface area contributed by atoms with Gasteiger partial charge in [0.25, 0.3) is 0 Å². The van der Waals surface area contributed by atoms with Crippen LogP contribution in [0.1, 0.15) is 55.7 Å². The molecule has 142 valence electrons. The molecule has 26 heavy (non-hydrogen) atoms. The van der Waals surface area contributed by atoms with Crippen LogP contribution in [0.25, 0.3) is 0 Å². The second-order valence-electron chi connectivity index (χ2n) is 6.80. The van der Waals surface area contributed by atoms with Crippen molar-refractivity contribution in [2.45, 2.75) is 56.9 Å². The van der Waals surface area contributed by atoms with Crippen LogP contribution in [-0.4, -0.2) is 11.6 Å². The van der Waals surface area contributed by atoms with Gasteiger partial charge in [-0.25, -0.2) is 8.78 Å². The number of hydrogen-bond donors (Lipinski definition) is 1. The van der Waals surface area contributed by atoms with Crippen molar-refractivity contribution in [3.63, 3.8) is 0 Å². The zero-order valence-electron chi connectivity index (χ0n) is 15.7. The molecule has 0 amide bonds. The lowest BCUT2D eigenvalue weighted by molar-refractivity contribution is 0.580. The predicted octanol–water partition coefficient (Wildman–Crippen LogP) is 6.02. The molecule has 3 rings (SSSR count). The molecule has 0 bridgehead atoms. The SMILES string of the molecule is C=S1CCC(C)c2cc(CN)ccc21.CCCCc1cc(F)ccc1F. The Balaban J connectivity index is 0.000000190. The molecule has 2 aromatic rings. The van der Waals surface area contributed by atoms with E-state index in [1.165, 1.54) is 40.3 Å². The van der Waals surface area contributed by atoms with Crippen molar-refractivity contribution >= 4 is 16.4 Å². The molecule has 1 heterocycles. The Morgan fingerprint density at radius 3 is 2.65 bits per heavy atom. The number of fused-ring (bicyclic) bond motifs is 1. The molecule has 0 saturated carbocycles. The van der Waals surface area contributed by atoms with E-state index < -0.39 is 0 Å². The lowest BCUT2D eigenvalue weighted by Crippen LogP contribution is -2.07. The topological polar surface area (TPSA) is 26.0 Å². The molecule has 1 aliphatic rings. The number of halogens is 2. The summed E-state index contributed by atoms with van der Waals surface area (Å²) >= 11 is 0. The lowest BCUT2D eigenvalue weighted by atomic mass is 9.96. The first-order valence-electron chi connectivity index (χ1n) is 9.23. The summed E-state index contributed by atoms with van der Waals surface area (Å²) in [4.78, 5) is 1.46. The van der Waals surface area contributed by atoms with E-state index in [-0.39, 0.29) is 22.1 Å². The summed E-state index contributed by atoms with van der Waals surface area (Å²) in [6, 6.07) is 10.2. The van der Waals surface area contributed by atoms with Gasteiger partial charge in [-0.3, -0.25) is 0 Å². The van der Waals surface area contributed by atoms with Gasteiger partial charge in [-0.1, -0.05) is 38.3 Å².